The van der Waals surface area contributed by atoms with Crippen molar-refractivity contribution in [3.05, 3.63) is 59.4 Å². The zero-order chi connectivity index (χ0) is 22.6. The summed E-state index contributed by atoms with van der Waals surface area (Å²) in [7, 11) is 0. The number of carbonyl (C=O) groups excluding carboxylic acids is 1. The van der Waals surface area contributed by atoms with E-state index in [-0.39, 0.29) is 17.7 Å². The first-order chi connectivity index (χ1) is 14.6. The molecule has 3 N–H and O–H groups in total. The summed E-state index contributed by atoms with van der Waals surface area (Å²) in [6.07, 6.45) is 3.07. The summed E-state index contributed by atoms with van der Waals surface area (Å²) in [4.78, 5) is 21.9. The first kappa shape index (κ1) is 23.3. The van der Waals surface area contributed by atoms with E-state index in [1.165, 1.54) is 11.3 Å². The second-order valence-corrected chi connectivity index (χ2v) is 10.6. The van der Waals surface area contributed by atoms with Crippen LogP contribution in [0.15, 0.2) is 45.3 Å². The molecule has 3 rings (SSSR count). The zero-order valence-electron chi connectivity index (χ0n) is 18.2. The largest absolute Gasteiger partial charge is 0.444 e. The molecule has 1 aromatic carbocycles. The average molecular weight is 461 g/mol. The molecule has 31 heavy (non-hydrogen) atoms. The monoisotopic (exact) mass is 460 g/mol. The van der Waals surface area contributed by atoms with Crippen LogP contribution in [0.2, 0.25) is 0 Å². The van der Waals surface area contributed by atoms with Gasteiger partial charge in [-0.15, -0.1) is 11.8 Å². The number of primary amides is 1. The maximum absolute atomic E-state index is 11.2. The van der Waals surface area contributed by atoms with E-state index in [4.69, 9.17) is 10.2 Å². The van der Waals surface area contributed by atoms with Crippen LogP contribution in [0, 0.1) is 0 Å². The molecule has 0 aliphatic heterocycles. The van der Waals surface area contributed by atoms with Gasteiger partial charge in [0.05, 0.1) is 28.8 Å². The standard InChI is InChI=1S/C22H28N4O3S2/c1-14(27)26(12-16-7-5-6-15(8-16)9-18(23)28)21-25-11-20(31-21)30-13-19-24-10-17(29-19)22(2,3)4/h5-8,10-11,14,27H,9,12-13H2,1-4H3,(H2,23,28). The summed E-state index contributed by atoms with van der Waals surface area (Å²) >= 11 is 3.11. The van der Waals surface area contributed by atoms with E-state index in [2.05, 4.69) is 30.7 Å². The van der Waals surface area contributed by atoms with Crippen molar-refractivity contribution in [3.63, 3.8) is 0 Å². The van der Waals surface area contributed by atoms with Crippen LogP contribution in [0.25, 0.3) is 0 Å². The second kappa shape index (κ2) is 9.84. The number of aliphatic hydroxyl groups excluding tert-OH is 1. The average Bonchev–Trinajstić information content (AvgIpc) is 3.33. The molecular formula is C22H28N4O3S2. The summed E-state index contributed by atoms with van der Waals surface area (Å²) in [6, 6.07) is 7.64. The fourth-order valence-electron chi connectivity index (χ4n) is 2.90. The molecule has 166 valence electrons. The van der Waals surface area contributed by atoms with Gasteiger partial charge in [0.15, 0.2) is 5.13 Å². The molecule has 0 fully saturated rings. The van der Waals surface area contributed by atoms with Gasteiger partial charge >= 0.3 is 0 Å². The van der Waals surface area contributed by atoms with Crippen molar-refractivity contribution in [2.24, 2.45) is 5.73 Å². The molecule has 0 bridgehead atoms. The molecule has 0 aliphatic rings. The Hall–Kier alpha value is -2.36. The SMILES string of the molecule is CC(O)N(Cc1cccc(CC(N)=O)c1)c1ncc(SCc2ncc(C(C)(C)C)o2)s1. The molecule has 0 radical (unpaired) electrons. The van der Waals surface area contributed by atoms with Crippen LogP contribution in [0.5, 0.6) is 0 Å². The number of benzene rings is 1. The van der Waals surface area contributed by atoms with Crippen molar-refractivity contribution in [1.29, 1.82) is 0 Å². The Balaban J connectivity index is 1.67. The van der Waals surface area contributed by atoms with E-state index in [9.17, 15) is 9.90 Å². The molecule has 0 spiro atoms. The van der Waals surface area contributed by atoms with Gasteiger partial charge in [-0.25, -0.2) is 9.97 Å². The molecule has 9 heteroatoms. The summed E-state index contributed by atoms with van der Waals surface area (Å²) in [6.45, 7) is 8.45. The van der Waals surface area contributed by atoms with Crippen molar-refractivity contribution in [2.75, 3.05) is 4.90 Å². The van der Waals surface area contributed by atoms with E-state index in [1.54, 1.807) is 31.1 Å². The van der Waals surface area contributed by atoms with Crippen LogP contribution in [-0.4, -0.2) is 27.2 Å². The molecular weight excluding hydrogens is 432 g/mol. The third kappa shape index (κ3) is 6.56. The minimum absolute atomic E-state index is 0.0694. The van der Waals surface area contributed by atoms with E-state index < -0.39 is 6.23 Å². The van der Waals surface area contributed by atoms with Gasteiger partial charge < -0.3 is 20.2 Å². The highest BCUT2D eigenvalue weighted by Gasteiger charge is 2.20. The highest BCUT2D eigenvalue weighted by Crippen LogP contribution is 2.34. The van der Waals surface area contributed by atoms with Gasteiger partial charge in [-0.1, -0.05) is 56.4 Å². The van der Waals surface area contributed by atoms with Crippen LogP contribution in [0.1, 0.15) is 50.5 Å². The molecule has 2 aromatic heterocycles. The van der Waals surface area contributed by atoms with Gasteiger partial charge in [-0.3, -0.25) is 4.79 Å². The quantitative estimate of drug-likeness (QED) is 0.366. The molecule has 1 atom stereocenters. The lowest BCUT2D eigenvalue weighted by atomic mass is 9.94. The number of carbonyl (C=O) groups is 1. The number of aliphatic hydroxyl groups is 1. The minimum atomic E-state index is -0.718. The zero-order valence-corrected chi connectivity index (χ0v) is 19.8. The van der Waals surface area contributed by atoms with E-state index in [0.29, 0.717) is 18.2 Å². The Morgan fingerprint density at radius 1 is 1.29 bits per heavy atom. The smallest absolute Gasteiger partial charge is 0.221 e. The highest BCUT2D eigenvalue weighted by atomic mass is 32.2. The topological polar surface area (TPSA) is 105 Å². The maximum atomic E-state index is 11.2. The number of nitrogens with zero attached hydrogens (tertiary/aromatic N) is 3. The Morgan fingerprint density at radius 2 is 2.03 bits per heavy atom. The van der Waals surface area contributed by atoms with Crippen LogP contribution in [0.4, 0.5) is 5.13 Å². The van der Waals surface area contributed by atoms with E-state index in [1.807, 2.05) is 29.2 Å². The van der Waals surface area contributed by atoms with E-state index >= 15 is 0 Å². The van der Waals surface area contributed by atoms with Crippen molar-refractivity contribution in [3.8, 4) is 0 Å². The van der Waals surface area contributed by atoms with Gasteiger partial charge in [0.2, 0.25) is 11.8 Å². The minimum Gasteiger partial charge on any atom is -0.444 e. The summed E-state index contributed by atoms with van der Waals surface area (Å²) < 4.78 is 6.86. The number of rotatable bonds is 9. The number of nitrogens with two attached hydrogens (primary N) is 1. The van der Waals surface area contributed by atoms with Crippen molar-refractivity contribution in [2.45, 2.75) is 62.3 Å². The van der Waals surface area contributed by atoms with Crippen molar-refractivity contribution < 1.29 is 14.3 Å². The van der Waals surface area contributed by atoms with E-state index in [0.717, 1.165) is 26.2 Å². The first-order valence-corrected chi connectivity index (χ1v) is 11.8. The van der Waals surface area contributed by atoms with Gasteiger partial charge in [0, 0.05) is 12.0 Å². The lowest BCUT2D eigenvalue weighted by Crippen LogP contribution is -2.32. The first-order valence-electron chi connectivity index (χ1n) is 9.96. The Bertz CT molecular complexity index is 1020. The Labute approximate surface area is 190 Å². The second-order valence-electron chi connectivity index (χ2n) is 8.34. The number of aromatic nitrogens is 2. The fourth-order valence-corrected chi connectivity index (χ4v) is 4.79. The van der Waals surface area contributed by atoms with Gasteiger partial charge in [-0.2, -0.15) is 0 Å². The predicted octanol–water partition coefficient (Wildman–Crippen LogP) is 4.09. The molecule has 3 aromatic rings. The third-order valence-corrected chi connectivity index (χ3v) is 6.74. The number of oxazole rings is 1. The van der Waals surface area contributed by atoms with Crippen LogP contribution in [-0.2, 0) is 28.9 Å². The lowest BCUT2D eigenvalue weighted by Gasteiger charge is -2.25. The van der Waals surface area contributed by atoms with Crippen LogP contribution < -0.4 is 10.6 Å². The molecule has 1 amide bonds. The van der Waals surface area contributed by atoms with Crippen molar-refractivity contribution >= 4 is 34.1 Å². The Morgan fingerprint density at radius 3 is 2.68 bits per heavy atom. The number of anilines is 1. The van der Waals surface area contributed by atoms with Gasteiger partial charge in [-0.05, 0) is 18.1 Å². The number of amides is 1. The molecule has 0 saturated carbocycles. The van der Waals surface area contributed by atoms with Gasteiger partial charge in [0.1, 0.15) is 12.0 Å². The number of thioether (sulfide) groups is 1. The predicted molar refractivity (Wildman–Crippen MR) is 124 cm³/mol. The lowest BCUT2D eigenvalue weighted by molar-refractivity contribution is -0.117. The summed E-state index contributed by atoms with van der Waals surface area (Å²) in [5.74, 6) is 1.80. The normalized spacial score (nSPS) is 12.7. The molecule has 2 heterocycles. The number of hydrogen-bond donors (Lipinski definition) is 2. The third-order valence-electron chi connectivity index (χ3n) is 4.52. The van der Waals surface area contributed by atoms with Crippen molar-refractivity contribution in [1.82, 2.24) is 9.97 Å². The number of hydrogen-bond acceptors (Lipinski definition) is 8. The molecule has 0 aliphatic carbocycles. The Kier molecular flexibility index (Phi) is 7.40. The number of thiazole rings is 1. The summed E-state index contributed by atoms with van der Waals surface area (Å²) in [5.41, 5.74) is 7.05. The van der Waals surface area contributed by atoms with Crippen LogP contribution in [0.3, 0.4) is 0 Å². The molecule has 0 saturated heterocycles. The molecule has 1 unspecified atom stereocenters. The molecule has 7 nitrogen and oxygen atoms in total. The van der Waals surface area contributed by atoms with Crippen LogP contribution >= 0.6 is 23.1 Å². The summed E-state index contributed by atoms with van der Waals surface area (Å²) in [5, 5.41) is 11.0. The maximum Gasteiger partial charge on any atom is 0.221 e. The highest BCUT2D eigenvalue weighted by molar-refractivity contribution is 8.00. The van der Waals surface area contributed by atoms with Gasteiger partial charge in [0.25, 0.3) is 0 Å². The fraction of sp³-hybridized carbons (Fsp3) is 0.409.